The molecule has 0 nitrogen and oxygen atoms in total. The quantitative estimate of drug-likeness (QED) is 0.268. The molecule has 0 aliphatic carbocycles. The topological polar surface area (TPSA) is 0 Å². The lowest BCUT2D eigenvalue weighted by Gasteiger charge is -2.24. The molecule has 0 atom stereocenters. The van der Waals surface area contributed by atoms with Crippen LogP contribution in [-0.2, 0) is 0 Å². The van der Waals surface area contributed by atoms with E-state index in [9.17, 15) is 0 Å². The molecular formula is C20H42. The van der Waals surface area contributed by atoms with Crippen LogP contribution in [0.2, 0.25) is 0 Å². The summed E-state index contributed by atoms with van der Waals surface area (Å²) in [6.45, 7) is 9.55. The Morgan fingerprint density at radius 1 is 0.450 bits per heavy atom. The summed E-state index contributed by atoms with van der Waals surface area (Å²) >= 11 is 0. The van der Waals surface area contributed by atoms with Crippen LogP contribution in [0.25, 0.3) is 0 Å². The van der Waals surface area contributed by atoms with Gasteiger partial charge in [0.25, 0.3) is 0 Å². The van der Waals surface area contributed by atoms with E-state index in [-0.39, 0.29) is 0 Å². The van der Waals surface area contributed by atoms with Crippen LogP contribution in [0, 0.1) is 5.41 Å². The van der Waals surface area contributed by atoms with Crippen LogP contribution >= 0.6 is 0 Å². The molecule has 20 heavy (non-hydrogen) atoms. The summed E-state index contributed by atoms with van der Waals surface area (Å²) in [7, 11) is 0. The zero-order valence-corrected chi connectivity index (χ0v) is 15.1. The van der Waals surface area contributed by atoms with E-state index in [1.165, 1.54) is 96.3 Å². The molecule has 0 amide bonds. The van der Waals surface area contributed by atoms with Crippen LogP contribution in [0.3, 0.4) is 0 Å². The second-order valence-electron chi connectivity index (χ2n) is 7.55. The molecule has 122 valence electrons. The molecule has 0 rings (SSSR count). The van der Waals surface area contributed by atoms with Gasteiger partial charge in [0, 0.05) is 0 Å². The first-order valence-corrected chi connectivity index (χ1v) is 9.62. The third-order valence-electron chi connectivity index (χ3n) is 4.66. The van der Waals surface area contributed by atoms with Gasteiger partial charge in [-0.2, -0.15) is 0 Å². The molecule has 0 saturated heterocycles. The lowest BCUT2D eigenvalue weighted by atomic mass is 9.82. The fourth-order valence-electron chi connectivity index (χ4n) is 3.07. The Hall–Kier alpha value is 0. The van der Waals surface area contributed by atoms with Crippen molar-refractivity contribution in [2.24, 2.45) is 5.41 Å². The van der Waals surface area contributed by atoms with Crippen molar-refractivity contribution >= 4 is 0 Å². The van der Waals surface area contributed by atoms with Crippen LogP contribution in [0.15, 0.2) is 0 Å². The molecule has 0 aliphatic rings. The number of rotatable bonds is 15. The zero-order chi connectivity index (χ0) is 15.1. The number of hydrogen-bond acceptors (Lipinski definition) is 0. The van der Waals surface area contributed by atoms with Gasteiger partial charge in [0.05, 0.1) is 0 Å². The van der Waals surface area contributed by atoms with Gasteiger partial charge in [0.1, 0.15) is 0 Å². The third-order valence-corrected chi connectivity index (χ3v) is 4.66. The van der Waals surface area contributed by atoms with Gasteiger partial charge in [-0.05, 0) is 18.3 Å². The van der Waals surface area contributed by atoms with E-state index >= 15 is 0 Å². The summed E-state index contributed by atoms with van der Waals surface area (Å²) in [6.07, 6.45) is 21.6. The van der Waals surface area contributed by atoms with E-state index in [2.05, 4.69) is 27.7 Å². The van der Waals surface area contributed by atoms with Crippen molar-refractivity contribution in [3.8, 4) is 0 Å². The third kappa shape index (κ3) is 14.4. The Balaban J connectivity index is 3.30. The minimum atomic E-state index is 0.592. The standard InChI is InChI=1S/C20H42/c1-5-7-9-11-12-13-14-15-17-19-20(3,4)18-16-10-8-6-2/h5-19H2,1-4H3. The summed E-state index contributed by atoms with van der Waals surface area (Å²) in [5.41, 5.74) is 0.592. The van der Waals surface area contributed by atoms with E-state index < -0.39 is 0 Å². The predicted octanol–water partition coefficient (Wildman–Crippen LogP) is 7.90. The molecule has 0 aromatic rings. The maximum atomic E-state index is 2.48. The predicted molar refractivity (Wildman–Crippen MR) is 94.4 cm³/mol. The highest BCUT2D eigenvalue weighted by molar-refractivity contribution is 4.68. The largest absolute Gasteiger partial charge is 0.0654 e. The first-order valence-electron chi connectivity index (χ1n) is 9.62. The minimum Gasteiger partial charge on any atom is -0.0654 e. The Morgan fingerprint density at radius 3 is 1.15 bits per heavy atom. The average molecular weight is 283 g/mol. The van der Waals surface area contributed by atoms with Crippen molar-refractivity contribution in [3.63, 3.8) is 0 Å². The summed E-state index contributed by atoms with van der Waals surface area (Å²) in [6, 6.07) is 0. The number of hydrogen-bond donors (Lipinski definition) is 0. The van der Waals surface area contributed by atoms with Gasteiger partial charge in [-0.25, -0.2) is 0 Å². The number of unbranched alkanes of at least 4 members (excludes halogenated alkanes) is 11. The van der Waals surface area contributed by atoms with Gasteiger partial charge < -0.3 is 0 Å². The second-order valence-corrected chi connectivity index (χ2v) is 7.55. The van der Waals surface area contributed by atoms with Gasteiger partial charge in [-0.1, -0.05) is 111 Å². The molecule has 0 N–H and O–H groups in total. The van der Waals surface area contributed by atoms with Crippen molar-refractivity contribution < 1.29 is 0 Å². The first-order chi connectivity index (χ1) is 9.62. The van der Waals surface area contributed by atoms with E-state index in [1.54, 1.807) is 0 Å². The fraction of sp³-hybridized carbons (Fsp3) is 1.00. The molecular weight excluding hydrogens is 240 g/mol. The average Bonchev–Trinajstić information content (AvgIpc) is 2.42. The SMILES string of the molecule is CCCCCCCCCCCC(C)(C)CCCCCC. The Kier molecular flexibility index (Phi) is 14.0. The molecule has 0 unspecified atom stereocenters. The van der Waals surface area contributed by atoms with Crippen LogP contribution in [0.4, 0.5) is 0 Å². The monoisotopic (exact) mass is 282 g/mol. The Bertz CT molecular complexity index is 180. The highest BCUT2D eigenvalue weighted by Crippen LogP contribution is 2.30. The summed E-state index contributed by atoms with van der Waals surface area (Å²) in [5, 5.41) is 0. The lowest BCUT2D eigenvalue weighted by Crippen LogP contribution is -2.11. The molecule has 0 aliphatic heterocycles. The summed E-state index contributed by atoms with van der Waals surface area (Å²) < 4.78 is 0. The highest BCUT2D eigenvalue weighted by Gasteiger charge is 2.16. The maximum Gasteiger partial charge on any atom is -0.0354 e. The van der Waals surface area contributed by atoms with E-state index in [0.29, 0.717) is 5.41 Å². The molecule has 0 fully saturated rings. The van der Waals surface area contributed by atoms with Gasteiger partial charge in [0.2, 0.25) is 0 Å². The molecule has 0 radical (unpaired) electrons. The van der Waals surface area contributed by atoms with Gasteiger partial charge in [0.15, 0.2) is 0 Å². The Labute approximate surface area is 130 Å². The zero-order valence-electron chi connectivity index (χ0n) is 15.1. The summed E-state index contributed by atoms with van der Waals surface area (Å²) in [5.74, 6) is 0. The van der Waals surface area contributed by atoms with Gasteiger partial charge >= 0.3 is 0 Å². The first kappa shape index (κ1) is 20.0. The van der Waals surface area contributed by atoms with Crippen LogP contribution < -0.4 is 0 Å². The van der Waals surface area contributed by atoms with Crippen molar-refractivity contribution in [2.75, 3.05) is 0 Å². The molecule has 0 heterocycles. The second kappa shape index (κ2) is 14.0. The smallest absolute Gasteiger partial charge is 0.0354 e. The minimum absolute atomic E-state index is 0.592. The summed E-state index contributed by atoms with van der Waals surface area (Å²) in [4.78, 5) is 0. The fourth-order valence-corrected chi connectivity index (χ4v) is 3.07. The van der Waals surface area contributed by atoms with E-state index in [4.69, 9.17) is 0 Å². The van der Waals surface area contributed by atoms with Crippen molar-refractivity contribution in [3.05, 3.63) is 0 Å². The van der Waals surface area contributed by atoms with Crippen molar-refractivity contribution in [2.45, 2.75) is 124 Å². The molecule has 0 saturated carbocycles. The Morgan fingerprint density at radius 2 is 0.750 bits per heavy atom. The molecule has 0 aromatic heterocycles. The van der Waals surface area contributed by atoms with Crippen molar-refractivity contribution in [1.82, 2.24) is 0 Å². The molecule has 0 spiro atoms. The van der Waals surface area contributed by atoms with E-state index in [1.807, 2.05) is 0 Å². The molecule has 0 heteroatoms. The van der Waals surface area contributed by atoms with Gasteiger partial charge in [-0.3, -0.25) is 0 Å². The van der Waals surface area contributed by atoms with Crippen LogP contribution in [0.1, 0.15) is 124 Å². The molecule has 0 aromatic carbocycles. The molecule has 0 bridgehead atoms. The van der Waals surface area contributed by atoms with Crippen LogP contribution in [0.5, 0.6) is 0 Å². The highest BCUT2D eigenvalue weighted by atomic mass is 14.2. The van der Waals surface area contributed by atoms with Gasteiger partial charge in [-0.15, -0.1) is 0 Å². The van der Waals surface area contributed by atoms with Crippen LogP contribution in [-0.4, -0.2) is 0 Å². The van der Waals surface area contributed by atoms with E-state index in [0.717, 1.165) is 0 Å². The normalized spacial score (nSPS) is 12.0. The van der Waals surface area contributed by atoms with Crippen molar-refractivity contribution in [1.29, 1.82) is 0 Å². The lowest BCUT2D eigenvalue weighted by molar-refractivity contribution is 0.282. The maximum absolute atomic E-state index is 2.48.